The lowest BCUT2D eigenvalue weighted by Gasteiger charge is -2.12. The van der Waals surface area contributed by atoms with Crippen LogP contribution in [0, 0.1) is 5.82 Å². The first-order valence-electron chi connectivity index (χ1n) is 5.12. The van der Waals surface area contributed by atoms with Crippen molar-refractivity contribution in [2.45, 2.75) is 12.5 Å². The van der Waals surface area contributed by atoms with Gasteiger partial charge in [0.25, 0.3) is 0 Å². The highest BCUT2D eigenvalue weighted by Crippen LogP contribution is 2.23. The summed E-state index contributed by atoms with van der Waals surface area (Å²) in [6, 6.07) is 4.40. The number of rotatable bonds is 3. The summed E-state index contributed by atoms with van der Waals surface area (Å²) in [7, 11) is 0. The van der Waals surface area contributed by atoms with Crippen molar-refractivity contribution in [1.82, 2.24) is 9.97 Å². The van der Waals surface area contributed by atoms with Gasteiger partial charge in [0.15, 0.2) is 0 Å². The Hall–Kier alpha value is -1.52. The molecule has 2 rings (SSSR count). The Morgan fingerprint density at radius 2 is 2.00 bits per heavy atom. The molecule has 0 amide bonds. The molecule has 5 heteroatoms. The van der Waals surface area contributed by atoms with E-state index in [9.17, 15) is 4.39 Å². The van der Waals surface area contributed by atoms with Crippen molar-refractivity contribution < 1.29 is 4.39 Å². The predicted octanol–water partition coefficient (Wildman–Crippen LogP) is 2.51. The molecule has 2 N–H and O–H groups in total. The summed E-state index contributed by atoms with van der Waals surface area (Å²) >= 11 is 5.86. The van der Waals surface area contributed by atoms with Gasteiger partial charge < -0.3 is 5.73 Å². The summed E-state index contributed by atoms with van der Waals surface area (Å²) < 4.78 is 13.2. The standard InChI is InChI=1S/C12H11ClFN3/c13-12-8(2-1-3-10(12)14)4-11(15)9-5-16-7-17-6-9/h1-3,5-7,11H,4,15H2. The van der Waals surface area contributed by atoms with Crippen molar-refractivity contribution in [2.75, 3.05) is 0 Å². The molecule has 2 aromatic rings. The van der Waals surface area contributed by atoms with E-state index in [1.54, 1.807) is 24.5 Å². The summed E-state index contributed by atoms with van der Waals surface area (Å²) in [5.74, 6) is -0.430. The van der Waals surface area contributed by atoms with Crippen molar-refractivity contribution in [3.05, 3.63) is 58.9 Å². The molecule has 1 atom stereocenters. The summed E-state index contributed by atoms with van der Waals surface area (Å²) in [6.07, 6.45) is 5.17. The highest BCUT2D eigenvalue weighted by molar-refractivity contribution is 6.31. The van der Waals surface area contributed by atoms with Crippen LogP contribution in [0.4, 0.5) is 4.39 Å². The molecule has 1 heterocycles. The third kappa shape index (κ3) is 2.78. The Kier molecular flexibility index (Phi) is 3.66. The van der Waals surface area contributed by atoms with E-state index in [2.05, 4.69) is 9.97 Å². The van der Waals surface area contributed by atoms with Gasteiger partial charge in [-0.15, -0.1) is 0 Å². The highest BCUT2D eigenvalue weighted by atomic mass is 35.5. The summed E-state index contributed by atoms with van der Waals surface area (Å²) in [5.41, 5.74) is 7.47. The Balaban J connectivity index is 2.19. The monoisotopic (exact) mass is 251 g/mol. The van der Waals surface area contributed by atoms with Crippen molar-refractivity contribution in [3.63, 3.8) is 0 Å². The zero-order chi connectivity index (χ0) is 12.3. The molecule has 0 saturated carbocycles. The second-order valence-electron chi connectivity index (χ2n) is 3.70. The Labute approximate surface area is 103 Å². The van der Waals surface area contributed by atoms with E-state index in [0.717, 1.165) is 5.56 Å². The van der Waals surface area contributed by atoms with E-state index in [1.807, 2.05) is 0 Å². The van der Waals surface area contributed by atoms with Crippen LogP contribution < -0.4 is 5.73 Å². The zero-order valence-electron chi connectivity index (χ0n) is 8.98. The minimum Gasteiger partial charge on any atom is -0.324 e. The number of benzene rings is 1. The van der Waals surface area contributed by atoms with E-state index in [1.165, 1.54) is 12.4 Å². The highest BCUT2D eigenvalue weighted by Gasteiger charge is 2.12. The molecule has 17 heavy (non-hydrogen) atoms. The molecule has 1 aromatic heterocycles. The largest absolute Gasteiger partial charge is 0.324 e. The van der Waals surface area contributed by atoms with Crippen LogP contribution >= 0.6 is 11.6 Å². The first-order chi connectivity index (χ1) is 8.18. The average Bonchev–Trinajstić information content (AvgIpc) is 2.36. The lowest BCUT2D eigenvalue weighted by molar-refractivity contribution is 0.622. The lowest BCUT2D eigenvalue weighted by atomic mass is 10.0. The van der Waals surface area contributed by atoms with Crippen LogP contribution in [0.1, 0.15) is 17.2 Å². The Morgan fingerprint density at radius 3 is 2.71 bits per heavy atom. The lowest BCUT2D eigenvalue weighted by Crippen LogP contribution is -2.14. The number of hydrogen-bond acceptors (Lipinski definition) is 3. The van der Waals surface area contributed by atoms with Gasteiger partial charge in [0.2, 0.25) is 0 Å². The number of nitrogens with zero attached hydrogens (tertiary/aromatic N) is 2. The molecule has 1 unspecified atom stereocenters. The molecular formula is C12H11ClFN3. The molecule has 0 fully saturated rings. The second-order valence-corrected chi connectivity index (χ2v) is 4.07. The molecule has 0 radical (unpaired) electrons. The molecule has 0 aliphatic carbocycles. The minimum absolute atomic E-state index is 0.125. The predicted molar refractivity (Wildman–Crippen MR) is 64.1 cm³/mol. The van der Waals surface area contributed by atoms with Gasteiger partial charge in [-0.05, 0) is 18.1 Å². The molecule has 0 saturated heterocycles. The second kappa shape index (κ2) is 5.21. The van der Waals surface area contributed by atoms with Crippen LogP contribution in [0.3, 0.4) is 0 Å². The maximum absolute atomic E-state index is 13.2. The molecule has 0 bridgehead atoms. The third-order valence-corrected chi connectivity index (χ3v) is 2.90. The minimum atomic E-state index is -0.430. The fourth-order valence-corrected chi connectivity index (χ4v) is 1.77. The van der Waals surface area contributed by atoms with Gasteiger partial charge in [0.05, 0.1) is 5.02 Å². The molecule has 0 spiro atoms. The Bertz CT molecular complexity index is 504. The topological polar surface area (TPSA) is 51.8 Å². The van der Waals surface area contributed by atoms with Crippen molar-refractivity contribution in [3.8, 4) is 0 Å². The van der Waals surface area contributed by atoms with E-state index in [-0.39, 0.29) is 11.1 Å². The normalized spacial score (nSPS) is 12.4. The van der Waals surface area contributed by atoms with Crippen LogP contribution in [0.25, 0.3) is 0 Å². The smallest absolute Gasteiger partial charge is 0.142 e. The van der Waals surface area contributed by atoms with Crippen LogP contribution in [-0.4, -0.2) is 9.97 Å². The van der Waals surface area contributed by atoms with Gasteiger partial charge in [0.1, 0.15) is 12.1 Å². The SMILES string of the molecule is NC(Cc1cccc(F)c1Cl)c1cncnc1. The van der Waals surface area contributed by atoms with Gasteiger partial charge in [-0.25, -0.2) is 14.4 Å². The van der Waals surface area contributed by atoms with Crippen molar-refractivity contribution >= 4 is 11.6 Å². The van der Waals surface area contributed by atoms with Crippen LogP contribution in [0.15, 0.2) is 36.9 Å². The summed E-state index contributed by atoms with van der Waals surface area (Å²) in [6.45, 7) is 0. The van der Waals surface area contributed by atoms with E-state index < -0.39 is 5.82 Å². The molecule has 88 valence electrons. The number of hydrogen-bond donors (Lipinski definition) is 1. The van der Waals surface area contributed by atoms with E-state index in [0.29, 0.717) is 12.0 Å². The maximum Gasteiger partial charge on any atom is 0.142 e. The zero-order valence-corrected chi connectivity index (χ0v) is 9.73. The van der Waals surface area contributed by atoms with Crippen molar-refractivity contribution in [1.29, 1.82) is 0 Å². The van der Waals surface area contributed by atoms with Crippen molar-refractivity contribution in [2.24, 2.45) is 5.73 Å². The summed E-state index contributed by atoms with van der Waals surface area (Å²) in [5, 5.41) is 0.125. The van der Waals surface area contributed by atoms with Gasteiger partial charge in [0, 0.05) is 24.0 Å². The van der Waals surface area contributed by atoms with Crippen LogP contribution in [0.2, 0.25) is 5.02 Å². The van der Waals surface area contributed by atoms with E-state index >= 15 is 0 Å². The molecule has 0 aliphatic heterocycles. The fraction of sp³-hybridized carbons (Fsp3) is 0.167. The average molecular weight is 252 g/mol. The number of nitrogens with two attached hydrogens (primary N) is 1. The quantitative estimate of drug-likeness (QED) is 0.912. The number of halogens is 2. The van der Waals surface area contributed by atoms with Gasteiger partial charge >= 0.3 is 0 Å². The van der Waals surface area contributed by atoms with Crippen LogP contribution in [-0.2, 0) is 6.42 Å². The first-order valence-corrected chi connectivity index (χ1v) is 5.49. The molecule has 1 aromatic carbocycles. The third-order valence-electron chi connectivity index (χ3n) is 2.48. The molecule has 3 nitrogen and oxygen atoms in total. The Morgan fingerprint density at radius 1 is 1.29 bits per heavy atom. The van der Waals surface area contributed by atoms with E-state index in [4.69, 9.17) is 17.3 Å². The van der Waals surface area contributed by atoms with Gasteiger partial charge in [-0.1, -0.05) is 23.7 Å². The van der Waals surface area contributed by atoms with Gasteiger partial charge in [-0.2, -0.15) is 0 Å². The molecule has 0 aliphatic rings. The maximum atomic E-state index is 13.2. The van der Waals surface area contributed by atoms with Gasteiger partial charge in [-0.3, -0.25) is 0 Å². The van der Waals surface area contributed by atoms with Crippen LogP contribution in [0.5, 0.6) is 0 Å². The summed E-state index contributed by atoms with van der Waals surface area (Å²) in [4.78, 5) is 7.78. The fourth-order valence-electron chi connectivity index (χ4n) is 1.56. The number of aromatic nitrogens is 2. The molecular weight excluding hydrogens is 241 g/mol. The first kappa shape index (κ1) is 12.0.